The van der Waals surface area contributed by atoms with Gasteiger partial charge in [-0.1, -0.05) is 0 Å². The topological polar surface area (TPSA) is 12.4 Å². The van der Waals surface area contributed by atoms with Crippen molar-refractivity contribution in [1.82, 2.24) is 0 Å². The van der Waals surface area contributed by atoms with Crippen LogP contribution in [0, 0.1) is 0 Å². The van der Waals surface area contributed by atoms with Gasteiger partial charge in [0.1, 0.15) is 0 Å². The van der Waals surface area contributed by atoms with Crippen molar-refractivity contribution in [3.63, 3.8) is 0 Å². The molecular weight excluding hydrogens is 150 g/mol. The van der Waals surface area contributed by atoms with E-state index in [9.17, 15) is 0 Å². The predicted octanol–water partition coefficient (Wildman–Crippen LogP) is 2.43. The highest BCUT2D eigenvalue weighted by molar-refractivity contribution is 7.99. The van der Waals surface area contributed by atoms with Gasteiger partial charge in [0.25, 0.3) is 0 Å². The molecule has 0 aliphatic carbocycles. The number of nitrogens with zero attached hydrogens (tertiary/aromatic N) is 1. The second-order valence-electron chi connectivity index (χ2n) is 2.67. The quantitative estimate of drug-likeness (QED) is 0.374. The molecular formula is C6H13NS2. The van der Waals surface area contributed by atoms with Crippen LogP contribution in [-0.4, -0.2) is 16.7 Å². The second-order valence-corrected chi connectivity index (χ2v) is 4.66. The van der Waals surface area contributed by atoms with Crippen LogP contribution in [0.2, 0.25) is 0 Å². The van der Waals surface area contributed by atoms with Gasteiger partial charge in [0.2, 0.25) is 0 Å². The van der Waals surface area contributed by atoms with E-state index in [0.717, 1.165) is 5.75 Å². The van der Waals surface area contributed by atoms with E-state index in [-0.39, 0.29) is 4.75 Å². The minimum atomic E-state index is 0.236. The Balaban J connectivity index is 3.38. The van der Waals surface area contributed by atoms with Crippen LogP contribution in [0.15, 0.2) is 4.40 Å². The molecule has 3 heteroatoms. The summed E-state index contributed by atoms with van der Waals surface area (Å²) in [6.45, 7) is 6.40. The van der Waals surface area contributed by atoms with Gasteiger partial charge in [-0.05, 0) is 32.7 Å². The zero-order valence-corrected chi connectivity index (χ0v) is 7.80. The Hall–Kier alpha value is 0.370. The smallest absolute Gasteiger partial charge is 0.0294 e. The fourth-order valence-corrected chi connectivity index (χ4v) is 0.886. The van der Waals surface area contributed by atoms with Gasteiger partial charge in [-0.3, -0.25) is 0 Å². The zero-order valence-electron chi connectivity index (χ0n) is 6.09. The first-order valence-corrected chi connectivity index (χ1v) is 4.28. The molecule has 0 aromatic heterocycles. The summed E-state index contributed by atoms with van der Waals surface area (Å²) in [4.78, 5) is 0. The number of thiol groups is 1. The lowest BCUT2D eigenvalue weighted by molar-refractivity contribution is 0.804. The van der Waals surface area contributed by atoms with Crippen molar-refractivity contribution < 1.29 is 0 Å². The van der Waals surface area contributed by atoms with E-state index >= 15 is 0 Å². The highest BCUT2D eigenvalue weighted by Crippen LogP contribution is 2.23. The van der Waals surface area contributed by atoms with Crippen LogP contribution >= 0.6 is 24.6 Å². The molecule has 0 rings (SSSR count). The Bertz CT molecular complexity index is 93.7. The standard InChI is InChI=1S/C6H13NS2/c1-6(2,3)9-7-4-5-8/h4,8H,5H2,1-3H3/b7-4-. The van der Waals surface area contributed by atoms with Crippen LogP contribution < -0.4 is 0 Å². The van der Waals surface area contributed by atoms with Crippen molar-refractivity contribution in [2.45, 2.75) is 25.5 Å². The van der Waals surface area contributed by atoms with Gasteiger partial charge in [0.15, 0.2) is 0 Å². The Morgan fingerprint density at radius 3 is 2.44 bits per heavy atom. The molecule has 0 spiro atoms. The summed E-state index contributed by atoms with van der Waals surface area (Å²) in [6, 6.07) is 0. The monoisotopic (exact) mass is 163 g/mol. The molecule has 0 bridgehead atoms. The number of hydrogen-bond acceptors (Lipinski definition) is 3. The molecule has 0 amide bonds. The van der Waals surface area contributed by atoms with Crippen LogP contribution in [0.4, 0.5) is 0 Å². The fraction of sp³-hybridized carbons (Fsp3) is 0.833. The molecule has 0 aromatic rings. The van der Waals surface area contributed by atoms with Gasteiger partial charge >= 0.3 is 0 Å². The molecule has 0 saturated carbocycles. The average Bonchev–Trinajstić information content (AvgIpc) is 1.63. The number of rotatable bonds is 2. The largest absolute Gasteiger partial charge is 0.228 e. The minimum Gasteiger partial charge on any atom is -0.228 e. The highest BCUT2D eigenvalue weighted by atomic mass is 32.2. The minimum absolute atomic E-state index is 0.236. The molecule has 0 fully saturated rings. The Morgan fingerprint density at radius 1 is 1.56 bits per heavy atom. The van der Waals surface area contributed by atoms with E-state index in [1.54, 1.807) is 18.2 Å². The maximum absolute atomic E-state index is 4.08. The van der Waals surface area contributed by atoms with E-state index in [0.29, 0.717) is 0 Å². The molecule has 9 heavy (non-hydrogen) atoms. The lowest BCUT2D eigenvalue weighted by Gasteiger charge is -2.11. The first kappa shape index (κ1) is 9.37. The summed E-state index contributed by atoms with van der Waals surface area (Å²) >= 11 is 5.57. The number of hydrogen-bond donors (Lipinski definition) is 1. The summed E-state index contributed by atoms with van der Waals surface area (Å²) in [5.74, 6) is 0.725. The molecule has 0 heterocycles. The van der Waals surface area contributed by atoms with E-state index in [2.05, 4.69) is 37.8 Å². The third kappa shape index (κ3) is 8.37. The fourth-order valence-electron chi connectivity index (χ4n) is 0.229. The molecule has 0 aromatic carbocycles. The third-order valence-electron chi connectivity index (χ3n) is 0.483. The van der Waals surface area contributed by atoms with Gasteiger partial charge in [-0.25, -0.2) is 4.40 Å². The first-order valence-electron chi connectivity index (χ1n) is 2.87. The van der Waals surface area contributed by atoms with Gasteiger partial charge in [-0.2, -0.15) is 12.6 Å². The molecule has 0 N–H and O–H groups in total. The second kappa shape index (κ2) is 4.23. The lowest BCUT2D eigenvalue weighted by atomic mass is 10.3. The first-order chi connectivity index (χ1) is 4.06. The van der Waals surface area contributed by atoms with E-state index in [1.807, 2.05) is 0 Å². The van der Waals surface area contributed by atoms with E-state index < -0.39 is 0 Å². The van der Waals surface area contributed by atoms with Gasteiger partial charge < -0.3 is 0 Å². The maximum Gasteiger partial charge on any atom is 0.0294 e. The summed E-state index contributed by atoms with van der Waals surface area (Å²) in [6.07, 6.45) is 1.80. The molecule has 0 saturated heterocycles. The van der Waals surface area contributed by atoms with Gasteiger partial charge in [-0.15, -0.1) is 0 Å². The van der Waals surface area contributed by atoms with Crippen LogP contribution in [0.25, 0.3) is 0 Å². The lowest BCUT2D eigenvalue weighted by Crippen LogP contribution is -2.04. The average molecular weight is 163 g/mol. The van der Waals surface area contributed by atoms with Gasteiger partial charge in [0.05, 0.1) is 0 Å². The Morgan fingerprint density at radius 2 is 2.11 bits per heavy atom. The maximum atomic E-state index is 4.08. The summed E-state index contributed by atoms with van der Waals surface area (Å²) < 4.78 is 4.31. The molecule has 54 valence electrons. The van der Waals surface area contributed by atoms with Gasteiger partial charge in [0, 0.05) is 16.7 Å². The molecule has 1 nitrogen and oxygen atoms in total. The van der Waals surface area contributed by atoms with Crippen molar-refractivity contribution in [2.75, 3.05) is 5.75 Å². The summed E-state index contributed by atoms with van der Waals surface area (Å²) in [5.41, 5.74) is 0. The van der Waals surface area contributed by atoms with Crippen LogP contribution in [0.1, 0.15) is 20.8 Å². The van der Waals surface area contributed by atoms with Crippen LogP contribution in [0.5, 0.6) is 0 Å². The Labute approximate surface area is 66.9 Å². The Kier molecular flexibility index (Phi) is 4.40. The molecule has 0 radical (unpaired) electrons. The zero-order chi connectivity index (χ0) is 7.33. The van der Waals surface area contributed by atoms with Crippen molar-refractivity contribution in [3.8, 4) is 0 Å². The van der Waals surface area contributed by atoms with Crippen molar-refractivity contribution in [3.05, 3.63) is 0 Å². The van der Waals surface area contributed by atoms with E-state index in [1.165, 1.54) is 0 Å². The SMILES string of the molecule is CC(C)(C)S/N=C\CS. The molecule has 0 unspecified atom stereocenters. The predicted molar refractivity (Wildman–Crippen MR) is 49.7 cm³/mol. The van der Waals surface area contributed by atoms with Crippen molar-refractivity contribution in [1.29, 1.82) is 0 Å². The highest BCUT2D eigenvalue weighted by Gasteiger charge is 2.08. The van der Waals surface area contributed by atoms with E-state index in [4.69, 9.17) is 0 Å². The van der Waals surface area contributed by atoms with Crippen molar-refractivity contribution >= 4 is 30.8 Å². The van der Waals surface area contributed by atoms with Crippen LogP contribution in [0.3, 0.4) is 0 Å². The normalized spacial score (nSPS) is 12.9. The third-order valence-corrected chi connectivity index (χ3v) is 1.45. The molecule has 0 aliphatic heterocycles. The van der Waals surface area contributed by atoms with Crippen molar-refractivity contribution in [2.24, 2.45) is 4.40 Å². The van der Waals surface area contributed by atoms with Crippen LogP contribution in [-0.2, 0) is 0 Å². The summed E-state index contributed by atoms with van der Waals surface area (Å²) in [5, 5.41) is 0. The summed E-state index contributed by atoms with van der Waals surface area (Å²) in [7, 11) is 0. The molecule has 0 atom stereocenters. The molecule has 0 aliphatic rings.